The first-order valence-electron chi connectivity index (χ1n) is 10.0. The second kappa shape index (κ2) is 7.81. The van der Waals surface area contributed by atoms with Gasteiger partial charge in [0.1, 0.15) is 0 Å². The molecule has 0 N–H and O–H groups in total. The number of aromatic nitrogens is 1. The second-order valence-electron chi connectivity index (χ2n) is 7.30. The molecule has 4 rings (SSSR count). The summed E-state index contributed by atoms with van der Waals surface area (Å²) in [4.78, 5) is 18.2. The predicted molar refractivity (Wildman–Crippen MR) is 112 cm³/mol. The average molecular weight is 379 g/mol. The molecule has 3 aromatic rings. The largest absolute Gasteiger partial charge is 0.316 e. The quantitative estimate of drug-likeness (QED) is 0.607. The third-order valence-electron chi connectivity index (χ3n) is 5.40. The van der Waals surface area contributed by atoms with E-state index in [9.17, 15) is 4.79 Å². The van der Waals surface area contributed by atoms with Gasteiger partial charge < -0.3 is 4.57 Å². The third kappa shape index (κ3) is 3.63. The van der Waals surface area contributed by atoms with Crippen molar-refractivity contribution in [3.8, 4) is 0 Å². The number of thiazole rings is 1. The molecule has 0 saturated heterocycles. The number of benzene rings is 2. The van der Waals surface area contributed by atoms with Gasteiger partial charge in [-0.3, -0.25) is 4.79 Å². The molecular weight excluding hydrogens is 352 g/mol. The van der Waals surface area contributed by atoms with Crippen molar-refractivity contribution in [3.63, 3.8) is 0 Å². The number of carbonyl (C=O) groups is 1. The Bertz CT molecular complexity index is 1060. The Morgan fingerprint density at radius 1 is 1.07 bits per heavy atom. The molecule has 0 aliphatic heterocycles. The van der Waals surface area contributed by atoms with Crippen molar-refractivity contribution in [2.45, 2.75) is 58.9 Å². The van der Waals surface area contributed by atoms with Gasteiger partial charge in [-0.2, -0.15) is 4.99 Å². The topological polar surface area (TPSA) is 34.4 Å². The molecule has 0 radical (unpaired) electrons. The van der Waals surface area contributed by atoms with Gasteiger partial charge in [0.25, 0.3) is 5.91 Å². The van der Waals surface area contributed by atoms with Crippen molar-refractivity contribution in [2.24, 2.45) is 4.99 Å². The Hall–Kier alpha value is -2.20. The highest BCUT2D eigenvalue weighted by Crippen LogP contribution is 2.23. The summed E-state index contributed by atoms with van der Waals surface area (Å²) < 4.78 is 3.40. The van der Waals surface area contributed by atoms with Gasteiger partial charge in [-0.05, 0) is 79.5 Å². The maximum atomic E-state index is 12.9. The summed E-state index contributed by atoms with van der Waals surface area (Å²) in [7, 11) is 0. The first kappa shape index (κ1) is 18.2. The number of hydrogen-bond donors (Lipinski definition) is 0. The van der Waals surface area contributed by atoms with E-state index >= 15 is 0 Å². The number of aryl methyl sites for hydroxylation is 4. The first-order valence-corrected chi connectivity index (χ1v) is 10.8. The summed E-state index contributed by atoms with van der Waals surface area (Å²) in [6.45, 7) is 5.20. The molecule has 0 atom stereocenters. The fourth-order valence-electron chi connectivity index (χ4n) is 3.88. The van der Waals surface area contributed by atoms with Crippen LogP contribution in [0.5, 0.6) is 0 Å². The molecule has 1 heterocycles. The normalized spacial score (nSPS) is 14.5. The lowest BCUT2D eigenvalue weighted by molar-refractivity contribution is 0.0997. The predicted octanol–water partition coefficient (Wildman–Crippen LogP) is 5.30. The number of nitrogens with zero attached hydrogens (tertiary/aromatic N) is 2. The van der Waals surface area contributed by atoms with E-state index in [1.165, 1.54) is 39.7 Å². The smallest absolute Gasteiger partial charge is 0.279 e. The fraction of sp³-hybridized carbons (Fsp3) is 0.391. The molecule has 0 saturated carbocycles. The molecule has 1 aliphatic carbocycles. The number of carbonyl (C=O) groups excluding carboxylic acids is 1. The van der Waals surface area contributed by atoms with Gasteiger partial charge in [-0.15, -0.1) is 0 Å². The van der Waals surface area contributed by atoms with E-state index < -0.39 is 0 Å². The van der Waals surface area contributed by atoms with Crippen LogP contribution in [-0.2, 0) is 25.8 Å². The Morgan fingerprint density at radius 3 is 2.67 bits per heavy atom. The van der Waals surface area contributed by atoms with E-state index in [-0.39, 0.29) is 5.91 Å². The zero-order chi connectivity index (χ0) is 18.8. The average Bonchev–Trinajstić information content (AvgIpc) is 3.04. The monoisotopic (exact) mass is 378 g/mol. The molecular formula is C23H26N2OS. The van der Waals surface area contributed by atoms with Crippen LogP contribution in [0.1, 0.15) is 60.2 Å². The second-order valence-corrected chi connectivity index (χ2v) is 8.31. The molecule has 140 valence electrons. The number of rotatable bonds is 4. The minimum absolute atomic E-state index is 0.129. The van der Waals surface area contributed by atoms with Gasteiger partial charge in [0, 0.05) is 12.1 Å². The minimum atomic E-state index is -0.129. The molecule has 1 amide bonds. The molecule has 3 nitrogen and oxygen atoms in total. The highest BCUT2D eigenvalue weighted by Gasteiger charge is 2.13. The van der Waals surface area contributed by atoms with Gasteiger partial charge in [-0.1, -0.05) is 37.3 Å². The zero-order valence-electron chi connectivity index (χ0n) is 16.1. The van der Waals surface area contributed by atoms with Crippen LogP contribution >= 0.6 is 11.3 Å². The summed E-state index contributed by atoms with van der Waals surface area (Å²) in [5.74, 6) is -0.129. The van der Waals surface area contributed by atoms with Gasteiger partial charge in [-0.25, -0.2) is 0 Å². The van der Waals surface area contributed by atoms with Crippen molar-refractivity contribution in [1.82, 2.24) is 4.57 Å². The van der Waals surface area contributed by atoms with Gasteiger partial charge >= 0.3 is 0 Å². The standard InChI is InChI=1S/C23H26N2OS/c1-3-13-25-20-12-9-16(4-2)14-21(20)27-23(25)24-22(26)19-11-10-17-7-5-6-8-18(17)15-19/h9-12,14-15H,3-8,13H2,1-2H3. The molecule has 0 spiro atoms. The molecule has 27 heavy (non-hydrogen) atoms. The van der Waals surface area contributed by atoms with Gasteiger partial charge in [0.05, 0.1) is 10.2 Å². The van der Waals surface area contributed by atoms with Crippen molar-refractivity contribution in [3.05, 3.63) is 63.5 Å². The van der Waals surface area contributed by atoms with Crippen LogP contribution in [0.4, 0.5) is 0 Å². The third-order valence-corrected chi connectivity index (χ3v) is 6.44. The van der Waals surface area contributed by atoms with Crippen molar-refractivity contribution in [2.75, 3.05) is 0 Å². The molecule has 2 aromatic carbocycles. The van der Waals surface area contributed by atoms with Crippen LogP contribution in [0.15, 0.2) is 41.4 Å². The highest BCUT2D eigenvalue weighted by atomic mass is 32.1. The van der Waals surface area contributed by atoms with E-state index in [1.54, 1.807) is 11.3 Å². The Balaban J connectivity index is 1.77. The van der Waals surface area contributed by atoms with Crippen LogP contribution < -0.4 is 4.80 Å². The zero-order valence-corrected chi connectivity index (χ0v) is 16.9. The van der Waals surface area contributed by atoms with Gasteiger partial charge in [0.15, 0.2) is 4.80 Å². The number of hydrogen-bond acceptors (Lipinski definition) is 2. The van der Waals surface area contributed by atoms with E-state index in [4.69, 9.17) is 0 Å². The van der Waals surface area contributed by atoms with E-state index in [0.29, 0.717) is 5.56 Å². The van der Waals surface area contributed by atoms with Gasteiger partial charge in [0.2, 0.25) is 0 Å². The first-order chi connectivity index (χ1) is 13.2. The molecule has 4 heteroatoms. The summed E-state index contributed by atoms with van der Waals surface area (Å²) in [6, 6.07) is 12.7. The summed E-state index contributed by atoms with van der Waals surface area (Å²) in [6.07, 6.45) is 6.71. The Morgan fingerprint density at radius 2 is 1.89 bits per heavy atom. The van der Waals surface area contributed by atoms with E-state index in [1.807, 2.05) is 6.07 Å². The maximum Gasteiger partial charge on any atom is 0.279 e. The number of fused-ring (bicyclic) bond motifs is 2. The minimum Gasteiger partial charge on any atom is -0.316 e. The van der Waals surface area contributed by atoms with Crippen LogP contribution in [0, 0.1) is 0 Å². The highest BCUT2D eigenvalue weighted by molar-refractivity contribution is 7.16. The van der Waals surface area contributed by atoms with E-state index in [2.05, 4.69) is 53.7 Å². The van der Waals surface area contributed by atoms with Crippen molar-refractivity contribution < 1.29 is 4.79 Å². The fourth-order valence-corrected chi connectivity index (χ4v) is 5.00. The van der Waals surface area contributed by atoms with Crippen molar-refractivity contribution >= 4 is 27.5 Å². The summed E-state index contributed by atoms with van der Waals surface area (Å²) in [5, 5.41) is 0. The van der Waals surface area contributed by atoms with Crippen LogP contribution in [-0.4, -0.2) is 10.5 Å². The summed E-state index contributed by atoms with van der Waals surface area (Å²) in [5.41, 5.74) is 5.93. The molecule has 1 aliphatic rings. The van der Waals surface area contributed by atoms with Crippen LogP contribution in [0.25, 0.3) is 10.2 Å². The SMILES string of the molecule is CCCn1c(=NC(=O)c2ccc3c(c2)CCCC3)sc2cc(CC)ccc21. The lowest BCUT2D eigenvalue weighted by Crippen LogP contribution is -2.17. The molecule has 1 aromatic heterocycles. The van der Waals surface area contributed by atoms with Crippen LogP contribution in [0.3, 0.4) is 0 Å². The number of amides is 1. The molecule has 0 bridgehead atoms. The maximum absolute atomic E-state index is 12.9. The summed E-state index contributed by atoms with van der Waals surface area (Å²) >= 11 is 1.62. The van der Waals surface area contributed by atoms with Crippen molar-refractivity contribution in [1.29, 1.82) is 0 Å². The lowest BCUT2D eigenvalue weighted by atomic mass is 9.90. The molecule has 0 fully saturated rings. The van der Waals surface area contributed by atoms with Crippen LogP contribution in [0.2, 0.25) is 0 Å². The Kier molecular flexibility index (Phi) is 5.26. The lowest BCUT2D eigenvalue weighted by Gasteiger charge is -2.15. The van der Waals surface area contributed by atoms with E-state index in [0.717, 1.165) is 37.0 Å². The Labute approximate surface area is 164 Å². The molecule has 0 unspecified atom stereocenters.